The van der Waals surface area contributed by atoms with Gasteiger partial charge in [0.15, 0.2) is 9.84 Å². The van der Waals surface area contributed by atoms with E-state index in [1.54, 1.807) is 4.90 Å². The zero-order chi connectivity index (χ0) is 14.3. The molecule has 2 aliphatic rings. The molecule has 0 spiro atoms. The second kappa shape index (κ2) is 4.77. The standard InChI is InChI=1S/C14H18N2O3S/c1-10-8-11-4-2-3-5-13(11)16(10)14(17)15-12-6-7-20(18,19)9-12/h2-5,10,12H,6-9H2,1H3,(H,15,17)/t10-,12+/m1/s1. The highest BCUT2D eigenvalue weighted by Crippen LogP contribution is 2.31. The minimum Gasteiger partial charge on any atom is -0.334 e. The second-order valence-electron chi connectivity index (χ2n) is 5.60. The normalized spacial score (nSPS) is 27.4. The third kappa shape index (κ3) is 2.40. The molecule has 0 aromatic heterocycles. The summed E-state index contributed by atoms with van der Waals surface area (Å²) in [5.74, 6) is 0.229. The first-order valence-corrected chi connectivity index (χ1v) is 8.66. The molecule has 1 aromatic rings. The number of carbonyl (C=O) groups excluding carboxylic acids is 1. The monoisotopic (exact) mass is 294 g/mol. The van der Waals surface area contributed by atoms with Crippen LogP contribution in [0.5, 0.6) is 0 Å². The Morgan fingerprint density at radius 3 is 2.80 bits per heavy atom. The Hall–Kier alpha value is -1.56. The fraction of sp³-hybridized carbons (Fsp3) is 0.500. The summed E-state index contributed by atoms with van der Waals surface area (Å²) in [6.07, 6.45) is 1.35. The van der Waals surface area contributed by atoms with Crippen molar-refractivity contribution in [2.24, 2.45) is 0 Å². The number of anilines is 1. The van der Waals surface area contributed by atoms with E-state index in [0.717, 1.165) is 17.7 Å². The Morgan fingerprint density at radius 1 is 1.35 bits per heavy atom. The number of nitrogens with zero attached hydrogens (tertiary/aromatic N) is 1. The van der Waals surface area contributed by atoms with Crippen LogP contribution >= 0.6 is 0 Å². The Kier molecular flexibility index (Phi) is 3.20. The van der Waals surface area contributed by atoms with Crippen LogP contribution < -0.4 is 10.2 Å². The molecule has 1 saturated heterocycles. The molecule has 0 bridgehead atoms. The highest BCUT2D eigenvalue weighted by Gasteiger charge is 2.34. The molecule has 2 aliphatic heterocycles. The smallest absolute Gasteiger partial charge is 0.322 e. The molecular formula is C14H18N2O3S. The van der Waals surface area contributed by atoms with Crippen LogP contribution in [0.15, 0.2) is 24.3 Å². The van der Waals surface area contributed by atoms with Gasteiger partial charge in [-0.05, 0) is 31.4 Å². The van der Waals surface area contributed by atoms with Gasteiger partial charge in [0.25, 0.3) is 0 Å². The lowest BCUT2D eigenvalue weighted by atomic mass is 10.1. The van der Waals surface area contributed by atoms with Crippen LogP contribution in [0, 0.1) is 0 Å². The van der Waals surface area contributed by atoms with Gasteiger partial charge in [-0.2, -0.15) is 0 Å². The van der Waals surface area contributed by atoms with Gasteiger partial charge in [-0.25, -0.2) is 13.2 Å². The molecule has 108 valence electrons. The van der Waals surface area contributed by atoms with Crippen molar-refractivity contribution < 1.29 is 13.2 Å². The van der Waals surface area contributed by atoms with Crippen LogP contribution in [-0.2, 0) is 16.3 Å². The summed E-state index contributed by atoms with van der Waals surface area (Å²) in [6, 6.07) is 7.50. The van der Waals surface area contributed by atoms with Crippen LogP contribution in [0.3, 0.4) is 0 Å². The number of benzene rings is 1. The molecule has 1 aromatic carbocycles. The lowest BCUT2D eigenvalue weighted by Crippen LogP contribution is -2.47. The summed E-state index contributed by atoms with van der Waals surface area (Å²) in [6.45, 7) is 2.00. The van der Waals surface area contributed by atoms with Gasteiger partial charge in [-0.15, -0.1) is 0 Å². The highest BCUT2D eigenvalue weighted by molar-refractivity contribution is 7.91. The highest BCUT2D eigenvalue weighted by atomic mass is 32.2. The molecule has 3 rings (SSSR count). The van der Waals surface area contributed by atoms with Crippen molar-refractivity contribution in [2.75, 3.05) is 16.4 Å². The zero-order valence-corrected chi connectivity index (χ0v) is 12.2. The summed E-state index contributed by atoms with van der Waals surface area (Å²) in [5.41, 5.74) is 2.09. The largest absolute Gasteiger partial charge is 0.334 e. The summed E-state index contributed by atoms with van der Waals surface area (Å²) in [4.78, 5) is 14.1. The van der Waals surface area contributed by atoms with Crippen molar-refractivity contribution in [3.05, 3.63) is 29.8 Å². The summed E-state index contributed by atoms with van der Waals surface area (Å²) >= 11 is 0. The molecule has 0 radical (unpaired) electrons. The molecule has 0 unspecified atom stereocenters. The first kappa shape index (κ1) is 13.4. The van der Waals surface area contributed by atoms with Gasteiger partial charge in [0.05, 0.1) is 11.5 Å². The van der Waals surface area contributed by atoms with Crippen molar-refractivity contribution in [2.45, 2.75) is 31.8 Å². The minimum atomic E-state index is -2.97. The predicted molar refractivity (Wildman–Crippen MR) is 77.7 cm³/mol. The summed E-state index contributed by atoms with van der Waals surface area (Å²) in [5, 5.41) is 2.86. The fourth-order valence-electron chi connectivity index (χ4n) is 3.03. The van der Waals surface area contributed by atoms with E-state index in [1.165, 1.54) is 0 Å². The third-order valence-electron chi connectivity index (χ3n) is 3.99. The second-order valence-corrected chi connectivity index (χ2v) is 7.83. The van der Waals surface area contributed by atoms with Crippen molar-refractivity contribution in [3.8, 4) is 0 Å². The van der Waals surface area contributed by atoms with E-state index < -0.39 is 9.84 Å². The lowest BCUT2D eigenvalue weighted by Gasteiger charge is -2.24. The van der Waals surface area contributed by atoms with Gasteiger partial charge < -0.3 is 5.32 Å². The summed E-state index contributed by atoms with van der Waals surface area (Å²) < 4.78 is 22.9. The SMILES string of the molecule is C[C@@H]1Cc2ccccc2N1C(=O)N[C@H]1CCS(=O)(=O)C1. The van der Waals surface area contributed by atoms with Gasteiger partial charge in [-0.3, -0.25) is 4.90 Å². The van der Waals surface area contributed by atoms with Gasteiger partial charge in [0, 0.05) is 17.8 Å². The molecule has 6 heteroatoms. The Bertz CT molecular complexity index is 642. The molecule has 0 saturated carbocycles. The van der Waals surface area contributed by atoms with E-state index >= 15 is 0 Å². The summed E-state index contributed by atoms with van der Waals surface area (Å²) in [7, 11) is -2.97. The van der Waals surface area contributed by atoms with Crippen LogP contribution in [0.4, 0.5) is 10.5 Å². The molecule has 1 fully saturated rings. The number of carbonyl (C=O) groups is 1. The van der Waals surface area contributed by atoms with E-state index in [1.807, 2.05) is 31.2 Å². The lowest BCUT2D eigenvalue weighted by molar-refractivity contribution is 0.242. The third-order valence-corrected chi connectivity index (χ3v) is 5.75. The van der Waals surface area contributed by atoms with Crippen LogP contribution in [0.25, 0.3) is 0 Å². The van der Waals surface area contributed by atoms with Gasteiger partial charge in [-0.1, -0.05) is 18.2 Å². The average Bonchev–Trinajstić information content (AvgIpc) is 2.88. The molecule has 1 N–H and O–H groups in total. The van der Waals surface area contributed by atoms with Gasteiger partial charge >= 0.3 is 6.03 Å². The van der Waals surface area contributed by atoms with Gasteiger partial charge in [0.2, 0.25) is 0 Å². The number of hydrogen-bond acceptors (Lipinski definition) is 3. The number of fused-ring (bicyclic) bond motifs is 1. The number of hydrogen-bond donors (Lipinski definition) is 1. The molecule has 2 heterocycles. The maximum absolute atomic E-state index is 12.4. The first-order chi connectivity index (χ1) is 9.46. The Balaban J connectivity index is 1.75. The van der Waals surface area contributed by atoms with Gasteiger partial charge in [0.1, 0.15) is 0 Å². The maximum Gasteiger partial charge on any atom is 0.322 e. The average molecular weight is 294 g/mol. The van der Waals surface area contributed by atoms with Crippen LogP contribution in [0.1, 0.15) is 18.9 Å². The fourth-order valence-corrected chi connectivity index (χ4v) is 4.70. The van der Waals surface area contributed by atoms with E-state index in [9.17, 15) is 13.2 Å². The molecule has 0 aliphatic carbocycles. The molecule has 2 atom stereocenters. The van der Waals surface area contributed by atoms with Crippen LogP contribution in [0.2, 0.25) is 0 Å². The quantitative estimate of drug-likeness (QED) is 0.850. The minimum absolute atomic E-state index is 0.0581. The van der Waals surface area contributed by atoms with Crippen molar-refractivity contribution in [1.29, 1.82) is 0 Å². The molecule has 20 heavy (non-hydrogen) atoms. The van der Waals surface area contributed by atoms with E-state index in [-0.39, 0.29) is 29.6 Å². The number of para-hydroxylation sites is 1. The molecule has 5 nitrogen and oxygen atoms in total. The number of amides is 2. The number of sulfone groups is 1. The van der Waals surface area contributed by atoms with Crippen LogP contribution in [-0.4, -0.2) is 38.0 Å². The maximum atomic E-state index is 12.4. The van der Waals surface area contributed by atoms with Crippen molar-refractivity contribution in [1.82, 2.24) is 5.32 Å². The first-order valence-electron chi connectivity index (χ1n) is 6.84. The van der Waals surface area contributed by atoms with E-state index in [4.69, 9.17) is 0 Å². The van der Waals surface area contributed by atoms with Crippen molar-refractivity contribution in [3.63, 3.8) is 0 Å². The van der Waals surface area contributed by atoms with Crippen molar-refractivity contribution >= 4 is 21.6 Å². The van der Waals surface area contributed by atoms with E-state index in [0.29, 0.717) is 6.42 Å². The molecule has 2 amide bonds. The topological polar surface area (TPSA) is 66.5 Å². The number of rotatable bonds is 1. The number of urea groups is 1. The number of nitrogens with one attached hydrogen (secondary N) is 1. The molecular weight excluding hydrogens is 276 g/mol. The van der Waals surface area contributed by atoms with E-state index in [2.05, 4.69) is 5.32 Å². The predicted octanol–water partition coefficient (Wildman–Crippen LogP) is 1.33. The Morgan fingerprint density at radius 2 is 2.10 bits per heavy atom. The zero-order valence-electron chi connectivity index (χ0n) is 11.4. The Labute approximate surface area is 118 Å².